The van der Waals surface area contributed by atoms with Crippen molar-refractivity contribution in [2.24, 2.45) is 0 Å². The number of halogens is 2. The van der Waals surface area contributed by atoms with E-state index in [1.807, 2.05) is 0 Å². The average molecular weight is 474 g/mol. The number of methoxy groups -OCH3 is 1. The lowest BCUT2D eigenvalue weighted by molar-refractivity contribution is -0.120. The van der Waals surface area contributed by atoms with Crippen molar-refractivity contribution in [3.05, 3.63) is 70.0 Å². The van der Waals surface area contributed by atoms with Crippen molar-refractivity contribution in [2.45, 2.75) is 18.8 Å². The number of amides is 2. The summed E-state index contributed by atoms with van der Waals surface area (Å²) in [4.78, 5) is 24.9. The molecule has 8 nitrogen and oxygen atoms in total. The van der Waals surface area contributed by atoms with Crippen molar-refractivity contribution < 1.29 is 14.3 Å². The third-order valence-corrected chi connectivity index (χ3v) is 5.55. The molecule has 0 spiro atoms. The van der Waals surface area contributed by atoms with Crippen molar-refractivity contribution in [3.63, 3.8) is 0 Å². The van der Waals surface area contributed by atoms with Crippen LogP contribution in [0, 0.1) is 0 Å². The predicted molar refractivity (Wildman–Crippen MR) is 123 cm³/mol. The lowest BCUT2D eigenvalue weighted by Crippen LogP contribution is -2.44. The van der Waals surface area contributed by atoms with Gasteiger partial charge in [-0.2, -0.15) is 5.10 Å². The van der Waals surface area contributed by atoms with Crippen molar-refractivity contribution >= 4 is 40.7 Å². The molecule has 4 rings (SSSR count). The van der Waals surface area contributed by atoms with Crippen LogP contribution in [0.2, 0.25) is 10.0 Å². The van der Waals surface area contributed by atoms with Crippen LogP contribution in [-0.4, -0.2) is 35.2 Å². The molecule has 1 aliphatic carbocycles. The smallest absolute Gasteiger partial charge is 0.273 e. The molecule has 0 saturated heterocycles. The van der Waals surface area contributed by atoms with Gasteiger partial charge in [0, 0.05) is 16.6 Å². The number of benzene rings is 2. The Hall–Kier alpha value is -3.23. The molecular formula is C22H21Cl2N5O3. The Kier molecular flexibility index (Phi) is 6.53. The molecule has 1 aromatic heterocycles. The Labute approximate surface area is 194 Å². The molecule has 0 radical (unpaired) electrons. The highest BCUT2D eigenvalue weighted by molar-refractivity contribution is 6.35. The van der Waals surface area contributed by atoms with Crippen LogP contribution in [0.25, 0.3) is 5.69 Å². The van der Waals surface area contributed by atoms with E-state index >= 15 is 0 Å². The molecule has 3 aromatic rings. The van der Waals surface area contributed by atoms with Gasteiger partial charge >= 0.3 is 0 Å². The summed E-state index contributed by atoms with van der Waals surface area (Å²) in [5.74, 6) is 0.0907. The number of carbonyl (C=O) groups is 2. The standard InChI is InChI=1S/C22H21Cl2N5O3/c1-32-16-7-5-15(6-8-16)25-12-20(30)27-28-22(31)17-11-26-29(21(17)13-2-3-13)19-9-4-14(23)10-18(19)24/h4-11,13,25H,2-3,12H2,1H3,(H,27,30)(H,28,31). The van der Waals surface area contributed by atoms with Gasteiger partial charge in [0.15, 0.2) is 0 Å². The van der Waals surface area contributed by atoms with E-state index in [2.05, 4.69) is 21.3 Å². The van der Waals surface area contributed by atoms with Crippen LogP contribution in [0.4, 0.5) is 5.69 Å². The molecule has 0 atom stereocenters. The van der Waals surface area contributed by atoms with Crippen molar-refractivity contribution in [1.82, 2.24) is 20.6 Å². The molecule has 1 fully saturated rings. The third-order valence-electron chi connectivity index (χ3n) is 5.01. The number of rotatable bonds is 7. The first kappa shape index (κ1) is 22.0. The zero-order chi connectivity index (χ0) is 22.7. The zero-order valence-electron chi connectivity index (χ0n) is 17.2. The number of nitrogens with zero attached hydrogens (tertiary/aromatic N) is 2. The minimum absolute atomic E-state index is 0.0122. The summed E-state index contributed by atoms with van der Waals surface area (Å²) >= 11 is 12.3. The van der Waals surface area contributed by atoms with Gasteiger partial charge in [-0.15, -0.1) is 0 Å². The van der Waals surface area contributed by atoms with Crippen LogP contribution >= 0.6 is 23.2 Å². The maximum atomic E-state index is 12.8. The van der Waals surface area contributed by atoms with E-state index in [9.17, 15) is 9.59 Å². The normalized spacial score (nSPS) is 12.8. The summed E-state index contributed by atoms with van der Waals surface area (Å²) in [5.41, 5.74) is 7.43. The molecule has 0 bridgehead atoms. The summed E-state index contributed by atoms with van der Waals surface area (Å²) in [6, 6.07) is 12.3. The van der Waals surface area contributed by atoms with Crippen LogP contribution < -0.4 is 20.9 Å². The van der Waals surface area contributed by atoms with Crippen molar-refractivity contribution in [1.29, 1.82) is 0 Å². The molecule has 10 heteroatoms. The molecule has 0 aliphatic heterocycles. The number of nitrogens with one attached hydrogen (secondary N) is 3. The first-order chi connectivity index (χ1) is 15.5. The number of aromatic nitrogens is 2. The first-order valence-electron chi connectivity index (χ1n) is 9.96. The quantitative estimate of drug-likeness (QED) is 0.451. The second-order valence-electron chi connectivity index (χ2n) is 7.31. The van der Waals surface area contributed by atoms with Gasteiger partial charge in [0.05, 0.1) is 41.8 Å². The lowest BCUT2D eigenvalue weighted by Gasteiger charge is -2.12. The topological polar surface area (TPSA) is 97.3 Å². The fraction of sp³-hybridized carbons (Fsp3) is 0.227. The number of ether oxygens (including phenoxy) is 1. The van der Waals surface area contributed by atoms with Crippen LogP contribution in [0.1, 0.15) is 34.8 Å². The average Bonchev–Trinajstić information content (AvgIpc) is 3.54. The van der Waals surface area contributed by atoms with E-state index in [1.165, 1.54) is 6.20 Å². The van der Waals surface area contributed by atoms with Gasteiger partial charge in [0.25, 0.3) is 11.8 Å². The van der Waals surface area contributed by atoms with Crippen LogP contribution in [0.3, 0.4) is 0 Å². The largest absolute Gasteiger partial charge is 0.497 e. The minimum Gasteiger partial charge on any atom is -0.497 e. The number of carbonyl (C=O) groups excluding carboxylic acids is 2. The zero-order valence-corrected chi connectivity index (χ0v) is 18.7. The Morgan fingerprint density at radius 3 is 2.53 bits per heavy atom. The molecule has 2 aromatic carbocycles. The van der Waals surface area contributed by atoms with E-state index in [0.717, 1.165) is 30.0 Å². The van der Waals surface area contributed by atoms with Crippen molar-refractivity contribution in [2.75, 3.05) is 19.0 Å². The molecule has 166 valence electrons. The van der Waals surface area contributed by atoms with E-state index < -0.39 is 11.8 Å². The van der Waals surface area contributed by atoms with Crippen LogP contribution in [-0.2, 0) is 4.79 Å². The highest BCUT2D eigenvalue weighted by atomic mass is 35.5. The minimum atomic E-state index is -0.443. The summed E-state index contributed by atoms with van der Waals surface area (Å²) in [6.07, 6.45) is 3.39. The molecule has 1 aliphatic rings. The van der Waals surface area contributed by atoms with Gasteiger partial charge in [-0.05, 0) is 55.3 Å². The Bertz CT molecular complexity index is 1140. The third kappa shape index (κ3) is 4.98. The van der Waals surface area contributed by atoms with Gasteiger partial charge in [0.2, 0.25) is 0 Å². The fourth-order valence-corrected chi connectivity index (χ4v) is 3.75. The monoisotopic (exact) mass is 473 g/mol. The van der Waals surface area contributed by atoms with Crippen molar-refractivity contribution in [3.8, 4) is 11.4 Å². The first-order valence-corrected chi connectivity index (χ1v) is 10.7. The number of hydrogen-bond acceptors (Lipinski definition) is 5. The molecule has 1 saturated carbocycles. The summed E-state index contributed by atoms with van der Waals surface area (Å²) in [5, 5.41) is 8.30. The maximum absolute atomic E-state index is 12.8. The van der Waals surface area contributed by atoms with Gasteiger partial charge in [-0.3, -0.25) is 20.4 Å². The molecule has 0 unspecified atom stereocenters. The Balaban J connectivity index is 1.40. The van der Waals surface area contributed by atoms with E-state index in [-0.39, 0.29) is 12.5 Å². The van der Waals surface area contributed by atoms with Gasteiger partial charge in [-0.1, -0.05) is 23.2 Å². The molecule has 3 N–H and O–H groups in total. The summed E-state index contributed by atoms with van der Waals surface area (Å²) in [6.45, 7) is -0.0122. The van der Waals surface area contributed by atoms with E-state index in [0.29, 0.717) is 21.3 Å². The number of hydrogen-bond donors (Lipinski definition) is 3. The van der Waals surface area contributed by atoms with Crippen LogP contribution in [0.15, 0.2) is 48.7 Å². The van der Waals surface area contributed by atoms with E-state index in [4.69, 9.17) is 27.9 Å². The van der Waals surface area contributed by atoms with Gasteiger partial charge in [0.1, 0.15) is 5.75 Å². The molecular weight excluding hydrogens is 453 g/mol. The summed E-state index contributed by atoms with van der Waals surface area (Å²) < 4.78 is 6.76. The Morgan fingerprint density at radius 1 is 1.12 bits per heavy atom. The number of anilines is 1. The van der Waals surface area contributed by atoms with Crippen LogP contribution in [0.5, 0.6) is 5.75 Å². The second kappa shape index (κ2) is 9.50. The second-order valence-corrected chi connectivity index (χ2v) is 8.15. The highest BCUT2D eigenvalue weighted by Crippen LogP contribution is 2.43. The van der Waals surface area contributed by atoms with E-state index in [1.54, 1.807) is 54.3 Å². The molecule has 32 heavy (non-hydrogen) atoms. The molecule has 1 heterocycles. The SMILES string of the molecule is COc1ccc(NCC(=O)NNC(=O)c2cnn(-c3ccc(Cl)cc3Cl)c2C2CC2)cc1. The predicted octanol–water partition coefficient (Wildman–Crippen LogP) is 3.94. The maximum Gasteiger partial charge on any atom is 0.273 e. The summed E-state index contributed by atoms with van der Waals surface area (Å²) in [7, 11) is 1.58. The van der Waals surface area contributed by atoms with Gasteiger partial charge in [-0.25, -0.2) is 4.68 Å². The fourth-order valence-electron chi connectivity index (χ4n) is 3.26. The Morgan fingerprint density at radius 2 is 1.88 bits per heavy atom. The highest BCUT2D eigenvalue weighted by Gasteiger charge is 2.33. The molecule has 2 amide bonds. The lowest BCUT2D eigenvalue weighted by atomic mass is 10.1. The van der Waals surface area contributed by atoms with Gasteiger partial charge < -0.3 is 10.1 Å². The number of hydrazine groups is 1.